The normalized spacial score (nSPS) is 14.3. The summed E-state index contributed by atoms with van der Waals surface area (Å²) in [7, 11) is 0. The summed E-state index contributed by atoms with van der Waals surface area (Å²) in [5.41, 5.74) is 2.36. The first-order chi connectivity index (χ1) is 17.1. The molecule has 0 unspecified atom stereocenters. The Kier molecular flexibility index (Phi) is 6.81. The van der Waals surface area contributed by atoms with Crippen molar-refractivity contribution in [1.82, 2.24) is 19.7 Å². The van der Waals surface area contributed by atoms with Crippen molar-refractivity contribution in [2.75, 3.05) is 18.8 Å². The van der Waals surface area contributed by atoms with Gasteiger partial charge in [0.1, 0.15) is 11.6 Å². The Balaban J connectivity index is 1.29. The maximum absolute atomic E-state index is 14.6. The molecule has 178 valence electrons. The SMILES string of the molecule is O=C(CSc1nnc(-c2ccccc2F)n1-c1ccccc1)N1CCC(c2ccc(O)cc2)CC1. The van der Waals surface area contributed by atoms with Crippen LogP contribution in [-0.4, -0.2) is 49.5 Å². The molecule has 8 heteroatoms. The van der Waals surface area contributed by atoms with Crippen LogP contribution in [0, 0.1) is 5.82 Å². The Morgan fingerprint density at radius 3 is 2.34 bits per heavy atom. The fourth-order valence-electron chi connectivity index (χ4n) is 4.42. The van der Waals surface area contributed by atoms with E-state index < -0.39 is 0 Å². The number of rotatable bonds is 6. The molecule has 0 saturated carbocycles. The van der Waals surface area contributed by atoms with Gasteiger partial charge in [0, 0.05) is 18.8 Å². The highest BCUT2D eigenvalue weighted by Crippen LogP contribution is 2.31. The van der Waals surface area contributed by atoms with Crippen molar-refractivity contribution in [2.24, 2.45) is 0 Å². The molecule has 1 aromatic heterocycles. The number of para-hydroxylation sites is 1. The standard InChI is InChI=1S/C27H25FN4O2S/c28-24-9-5-4-8-23(24)26-29-30-27(32(26)21-6-2-1-3-7-21)35-18-25(34)31-16-14-20(15-17-31)19-10-12-22(33)13-11-19/h1-13,20,33H,14-18H2. The number of phenols is 1. The smallest absolute Gasteiger partial charge is 0.233 e. The van der Waals surface area contributed by atoms with E-state index in [-0.39, 0.29) is 23.2 Å². The zero-order chi connectivity index (χ0) is 24.2. The first kappa shape index (κ1) is 23.1. The third kappa shape index (κ3) is 5.07. The van der Waals surface area contributed by atoms with E-state index in [9.17, 15) is 14.3 Å². The lowest BCUT2D eigenvalue weighted by molar-refractivity contribution is -0.129. The molecule has 0 spiro atoms. The average molecular weight is 489 g/mol. The van der Waals surface area contributed by atoms with Gasteiger partial charge >= 0.3 is 0 Å². The molecule has 2 heterocycles. The summed E-state index contributed by atoms with van der Waals surface area (Å²) < 4.78 is 16.3. The fourth-order valence-corrected chi connectivity index (χ4v) is 5.27. The van der Waals surface area contributed by atoms with Crippen LogP contribution >= 0.6 is 11.8 Å². The van der Waals surface area contributed by atoms with E-state index in [1.165, 1.54) is 23.4 Å². The molecule has 1 aliphatic heterocycles. The minimum Gasteiger partial charge on any atom is -0.508 e. The number of benzene rings is 3. The van der Waals surface area contributed by atoms with Crippen LogP contribution in [0.25, 0.3) is 17.1 Å². The van der Waals surface area contributed by atoms with Gasteiger partial charge in [0.2, 0.25) is 5.91 Å². The number of aromatic hydroxyl groups is 1. The van der Waals surface area contributed by atoms with Gasteiger partial charge in [0.15, 0.2) is 11.0 Å². The van der Waals surface area contributed by atoms with Gasteiger partial charge in [-0.3, -0.25) is 9.36 Å². The maximum atomic E-state index is 14.6. The number of carbonyl (C=O) groups is 1. The first-order valence-corrected chi connectivity index (χ1v) is 12.5. The molecular formula is C27H25FN4O2S. The third-order valence-electron chi connectivity index (χ3n) is 6.30. The number of amides is 1. The highest BCUT2D eigenvalue weighted by Gasteiger charge is 2.25. The molecule has 1 fully saturated rings. The highest BCUT2D eigenvalue weighted by molar-refractivity contribution is 7.99. The van der Waals surface area contributed by atoms with Crippen LogP contribution in [0.5, 0.6) is 5.75 Å². The summed E-state index contributed by atoms with van der Waals surface area (Å²) in [6, 6.07) is 23.3. The molecule has 4 aromatic rings. The molecule has 0 aliphatic carbocycles. The number of nitrogens with zero attached hydrogens (tertiary/aromatic N) is 4. The molecule has 35 heavy (non-hydrogen) atoms. The fraction of sp³-hybridized carbons (Fsp3) is 0.222. The van der Waals surface area contributed by atoms with E-state index in [0.29, 0.717) is 35.6 Å². The number of hydrogen-bond donors (Lipinski definition) is 1. The largest absolute Gasteiger partial charge is 0.508 e. The van der Waals surface area contributed by atoms with Crippen LogP contribution < -0.4 is 0 Å². The van der Waals surface area contributed by atoms with E-state index in [4.69, 9.17) is 0 Å². The molecule has 1 amide bonds. The lowest BCUT2D eigenvalue weighted by atomic mass is 9.89. The van der Waals surface area contributed by atoms with Crippen LogP contribution in [0.1, 0.15) is 24.3 Å². The Morgan fingerprint density at radius 2 is 1.63 bits per heavy atom. The molecule has 6 nitrogen and oxygen atoms in total. The van der Waals surface area contributed by atoms with Gasteiger partial charge in [-0.25, -0.2) is 4.39 Å². The Labute approximate surface area is 207 Å². The summed E-state index contributed by atoms with van der Waals surface area (Å²) in [6.07, 6.45) is 1.78. The summed E-state index contributed by atoms with van der Waals surface area (Å²) in [5, 5.41) is 18.6. The lowest BCUT2D eigenvalue weighted by Crippen LogP contribution is -2.39. The second-order valence-corrected chi connectivity index (χ2v) is 9.43. The van der Waals surface area contributed by atoms with Crippen LogP contribution in [0.3, 0.4) is 0 Å². The lowest BCUT2D eigenvalue weighted by Gasteiger charge is -2.32. The maximum Gasteiger partial charge on any atom is 0.233 e. The summed E-state index contributed by atoms with van der Waals surface area (Å²) >= 11 is 1.31. The van der Waals surface area contributed by atoms with Gasteiger partial charge in [-0.2, -0.15) is 0 Å². The zero-order valence-electron chi connectivity index (χ0n) is 19.0. The van der Waals surface area contributed by atoms with Crippen molar-refractivity contribution < 1.29 is 14.3 Å². The van der Waals surface area contributed by atoms with Crippen molar-refractivity contribution >= 4 is 17.7 Å². The zero-order valence-corrected chi connectivity index (χ0v) is 19.9. The van der Waals surface area contributed by atoms with E-state index in [1.807, 2.05) is 47.4 Å². The van der Waals surface area contributed by atoms with Crippen molar-refractivity contribution in [1.29, 1.82) is 0 Å². The van der Waals surface area contributed by atoms with E-state index in [1.54, 1.807) is 34.9 Å². The van der Waals surface area contributed by atoms with Gasteiger partial charge < -0.3 is 10.0 Å². The number of carbonyl (C=O) groups excluding carboxylic acids is 1. The monoisotopic (exact) mass is 488 g/mol. The predicted molar refractivity (Wildman–Crippen MR) is 134 cm³/mol. The number of hydrogen-bond acceptors (Lipinski definition) is 5. The number of piperidine rings is 1. The second-order valence-electron chi connectivity index (χ2n) is 8.49. The molecule has 0 bridgehead atoms. The van der Waals surface area contributed by atoms with Gasteiger partial charge in [-0.05, 0) is 60.7 Å². The molecule has 1 saturated heterocycles. The summed E-state index contributed by atoms with van der Waals surface area (Å²) in [6.45, 7) is 1.38. The van der Waals surface area contributed by atoms with Crippen molar-refractivity contribution in [3.05, 3.63) is 90.2 Å². The number of likely N-dealkylation sites (tertiary alicyclic amines) is 1. The molecular weight excluding hydrogens is 463 g/mol. The molecule has 5 rings (SSSR count). The van der Waals surface area contributed by atoms with Gasteiger partial charge in [0.05, 0.1) is 11.3 Å². The van der Waals surface area contributed by atoms with Crippen molar-refractivity contribution in [3.8, 4) is 22.8 Å². The van der Waals surface area contributed by atoms with Crippen molar-refractivity contribution in [3.63, 3.8) is 0 Å². The number of halogens is 1. The molecule has 0 atom stereocenters. The average Bonchev–Trinajstić information content (AvgIpc) is 3.32. The minimum absolute atomic E-state index is 0.0502. The van der Waals surface area contributed by atoms with E-state index >= 15 is 0 Å². The van der Waals surface area contributed by atoms with Crippen LogP contribution in [-0.2, 0) is 4.79 Å². The predicted octanol–water partition coefficient (Wildman–Crippen LogP) is 5.28. The molecule has 1 N–H and O–H groups in total. The quantitative estimate of drug-likeness (QED) is 0.374. The Bertz CT molecular complexity index is 1300. The first-order valence-electron chi connectivity index (χ1n) is 11.6. The summed E-state index contributed by atoms with van der Waals surface area (Å²) in [5.74, 6) is 0.956. The molecule has 0 radical (unpaired) electrons. The molecule has 1 aliphatic rings. The third-order valence-corrected chi connectivity index (χ3v) is 7.21. The van der Waals surface area contributed by atoms with E-state index in [2.05, 4.69) is 10.2 Å². The van der Waals surface area contributed by atoms with Gasteiger partial charge in [-0.1, -0.05) is 54.2 Å². The minimum atomic E-state index is -0.374. The van der Waals surface area contributed by atoms with Crippen molar-refractivity contribution in [2.45, 2.75) is 23.9 Å². The molecule has 3 aromatic carbocycles. The number of aromatic nitrogens is 3. The summed E-state index contributed by atoms with van der Waals surface area (Å²) in [4.78, 5) is 14.9. The van der Waals surface area contributed by atoms with Crippen LogP contribution in [0.4, 0.5) is 4.39 Å². The van der Waals surface area contributed by atoms with Crippen LogP contribution in [0.15, 0.2) is 84.0 Å². The van der Waals surface area contributed by atoms with E-state index in [0.717, 1.165) is 18.5 Å². The second kappa shape index (κ2) is 10.3. The van der Waals surface area contributed by atoms with Gasteiger partial charge in [0.25, 0.3) is 0 Å². The van der Waals surface area contributed by atoms with Crippen LogP contribution in [0.2, 0.25) is 0 Å². The van der Waals surface area contributed by atoms with Gasteiger partial charge in [-0.15, -0.1) is 10.2 Å². The Morgan fingerprint density at radius 1 is 0.943 bits per heavy atom. The topological polar surface area (TPSA) is 71.2 Å². The number of phenolic OH excluding ortho intramolecular Hbond substituents is 1. The highest BCUT2D eigenvalue weighted by atomic mass is 32.2. The Hall–Kier alpha value is -3.65. The number of thioether (sulfide) groups is 1.